The number of rotatable bonds is 3. The Morgan fingerprint density at radius 3 is 2.46 bits per heavy atom. The lowest BCUT2D eigenvalue weighted by atomic mass is 9.47. The SMILES string of the molecule is CC.CC(C)CCC1CCC2C3C(=O)C=C4CC(O)CCC4(C)C3CCC12C. The number of aliphatic hydroxyl groups is 1. The van der Waals surface area contributed by atoms with Crippen LogP contribution in [0.5, 0.6) is 0 Å². The molecule has 3 fully saturated rings. The van der Waals surface area contributed by atoms with Crippen molar-refractivity contribution in [2.45, 2.75) is 105 Å². The van der Waals surface area contributed by atoms with Gasteiger partial charge in [-0.15, -0.1) is 0 Å². The molecule has 0 saturated heterocycles. The topological polar surface area (TPSA) is 37.3 Å². The maximum absolute atomic E-state index is 13.2. The Balaban J connectivity index is 0.00000109. The van der Waals surface area contributed by atoms with Gasteiger partial charge in [-0.05, 0) is 91.9 Å². The van der Waals surface area contributed by atoms with Crippen molar-refractivity contribution < 1.29 is 9.90 Å². The van der Waals surface area contributed by atoms with Crippen LogP contribution in [0.2, 0.25) is 0 Å². The number of hydrogen-bond acceptors (Lipinski definition) is 2. The molecule has 2 heteroatoms. The maximum atomic E-state index is 13.2. The van der Waals surface area contributed by atoms with Crippen molar-refractivity contribution in [3.05, 3.63) is 11.6 Å². The number of aliphatic hydroxyl groups excluding tert-OH is 1. The summed E-state index contributed by atoms with van der Waals surface area (Å²) in [6, 6.07) is 0. The Morgan fingerprint density at radius 2 is 1.79 bits per heavy atom. The Labute approximate surface area is 173 Å². The first-order valence-corrected chi connectivity index (χ1v) is 12.2. The minimum atomic E-state index is -0.237. The molecule has 0 aromatic rings. The zero-order valence-electron chi connectivity index (χ0n) is 19.3. The van der Waals surface area contributed by atoms with E-state index < -0.39 is 0 Å². The summed E-state index contributed by atoms with van der Waals surface area (Å²) >= 11 is 0. The van der Waals surface area contributed by atoms with Crippen molar-refractivity contribution in [1.82, 2.24) is 0 Å². The Kier molecular flexibility index (Phi) is 6.50. The highest BCUT2D eigenvalue weighted by Crippen LogP contribution is 2.66. The first-order valence-electron chi connectivity index (χ1n) is 12.2. The molecule has 28 heavy (non-hydrogen) atoms. The summed E-state index contributed by atoms with van der Waals surface area (Å²) < 4.78 is 0. The van der Waals surface area contributed by atoms with E-state index in [1.54, 1.807) is 0 Å². The van der Waals surface area contributed by atoms with Gasteiger partial charge in [-0.3, -0.25) is 4.79 Å². The van der Waals surface area contributed by atoms with Gasteiger partial charge in [0, 0.05) is 5.92 Å². The van der Waals surface area contributed by atoms with Gasteiger partial charge in [-0.1, -0.05) is 53.5 Å². The lowest BCUT2D eigenvalue weighted by molar-refractivity contribution is -0.134. The predicted molar refractivity (Wildman–Crippen MR) is 117 cm³/mol. The standard InChI is InChI=1S/C24H38O2.C2H6/c1-15(2)5-6-16-7-8-19-22-20(10-12-23(16,19)3)24(4)11-9-18(25)13-17(24)14-21(22)26;1-2/h14-16,18-20,22,25H,5-13H2,1-4H3;1-2H3. The van der Waals surface area contributed by atoms with E-state index in [1.165, 1.54) is 44.1 Å². The van der Waals surface area contributed by atoms with Gasteiger partial charge >= 0.3 is 0 Å². The quantitative estimate of drug-likeness (QED) is 0.594. The Hall–Kier alpha value is -0.630. The summed E-state index contributed by atoms with van der Waals surface area (Å²) in [4.78, 5) is 13.2. The minimum Gasteiger partial charge on any atom is -0.393 e. The van der Waals surface area contributed by atoms with Crippen LogP contribution in [0, 0.1) is 40.4 Å². The van der Waals surface area contributed by atoms with Crippen LogP contribution in [0.15, 0.2) is 11.6 Å². The first-order chi connectivity index (χ1) is 13.3. The third-order valence-corrected chi connectivity index (χ3v) is 9.21. The van der Waals surface area contributed by atoms with Crippen LogP contribution in [0.4, 0.5) is 0 Å². The molecule has 0 spiro atoms. The lowest BCUT2D eigenvalue weighted by Gasteiger charge is -2.57. The monoisotopic (exact) mass is 388 g/mol. The van der Waals surface area contributed by atoms with Crippen molar-refractivity contribution >= 4 is 5.78 Å². The van der Waals surface area contributed by atoms with E-state index in [0.717, 1.165) is 31.1 Å². The van der Waals surface area contributed by atoms with Crippen LogP contribution in [-0.2, 0) is 4.79 Å². The molecule has 0 aromatic carbocycles. The van der Waals surface area contributed by atoms with E-state index in [0.29, 0.717) is 23.0 Å². The predicted octanol–water partition coefficient (Wildman–Crippen LogP) is 6.57. The van der Waals surface area contributed by atoms with Gasteiger partial charge in [0.2, 0.25) is 0 Å². The summed E-state index contributed by atoms with van der Waals surface area (Å²) in [6.07, 6.45) is 12.2. The maximum Gasteiger partial charge on any atom is 0.159 e. The summed E-state index contributed by atoms with van der Waals surface area (Å²) in [5.74, 6) is 3.36. The number of hydrogen-bond donors (Lipinski definition) is 1. The molecule has 0 bridgehead atoms. The number of carbonyl (C=O) groups excluding carboxylic acids is 1. The van der Waals surface area contributed by atoms with Gasteiger partial charge in [-0.25, -0.2) is 0 Å². The van der Waals surface area contributed by atoms with Gasteiger partial charge in [-0.2, -0.15) is 0 Å². The highest BCUT2D eigenvalue weighted by atomic mass is 16.3. The third kappa shape index (κ3) is 3.53. The van der Waals surface area contributed by atoms with E-state index >= 15 is 0 Å². The molecule has 7 atom stereocenters. The zero-order valence-corrected chi connectivity index (χ0v) is 19.3. The van der Waals surface area contributed by atoms with E-state index in [9.17, 15) is 9.90 Å². The molecular weight excluding hydrogens is 344 g/mol. The highest BCUT2D eigenvalue weighted by molar-refractivity contribution is 5.94. The molecule has 0 aliphatic heterocycles. The fraction of sp³-hybridized carbons (Fsp3) is 0.885. The van der Waals surface area contributed by atoms with Crippen LogP contribution < -0.4 is 0 Å². The molecule has 160 valence electrons. The van der Waals surface area contributed by atoms with Gasteiger partial charge < -0.3 is 5.11 Å². The van der Waals surface area contributed by atoms with Crippen LogP contribution in [0.3, 0.4) is 0 Å². The fourth-order valence-electron chi connectivity index (χ4n) is 7.50. The highest BCUT2D eigenvalue weighted by Gasteiger charge is 2.60. The van der Waals surface area contributed by atoms with Gasteiger partial charge in [0.15, 0.2) is 5.78 Å². The molecule has 0 amide bonds. The van der Waals surface area contributed by atoms with Crippen molar-refractivity contribution in [2.75, 3.05) is 0 Å². The Morgan fingerprint density at radius 1 is 1.07 bits per heavy atom. The molecule has 0 heterocycles. The minimum absolute atomic E-state index is 0.162. The molecule has 4 aliphatic carbocycles. The van der Waals surface area contributed by atoms with Crippen LogP contribution in [-0.4, -0.2) is 17.0 Å². The second-order valence-corrected chi connectivity index (χ2v) is 10.9. The molecule has 3 saturated carbocycles. The normalized spacial score (nSPS) is 44.8. The van der Waals surface area contributed by atoms with E-state index in [2.05, 4.69) is 27.7 Å². The van der Waals surface area contributed by atoms with Crippen molar-refractivity contribution in [3.8, 4) is 0 Å². The molecule has 7 unspecified atom stereocenters. The fourth-order valence-corrected chi connectivity index (χ4v) is 7.50. The largest absolute Gasteiger partial charge is 0.393 e. The van der Waals surface area contributed by atoms with Gasteiger partial charge in [0.1, 0.15) is 0 Å². The summed E-state index contributed by atoms with van der Waals surface area (Å²) in [5, 5.41) is 10.1. The molecule has 4 aliphatic rings. The first kappa shape index (κ1) is 22.1. The lowest BCUT2D eigenvalue weighted by Crippen LogP contribution is -2.53. The van der Waals surface area contributed by atoms with Crippen LogP contribution >= 0.6 is 0 Å². The molecule has 1 N–H and O–H groups in total. The smallest absolute Gasteiger partial charge is 0.159 e. The van der Waals surface area contributed by atoms with Crippen LogP contribution in [0.1, 0.15) is 99.3 Å². The van der Waals surface area contributed by atoms with E-state index in [-0.39, 0.29) is 17.4 Å². The van der Waals surface area contributed by atoms with Crippen LogP contribution in [0.25, 0.3) is 0 Å². The number of ketones is 1. The number of carbonyl (C=O) groups is 1. The molecule has 4 rings (SSSR count). The summed E-state index contributed by atoms with van der Waals surface area (Å²) in [5.41, 5.74) is 1.80. The number of fused-ring (bicyclic) bond motifs is 5. The van der Waals surface area contributed by atoms with E-state index in [4.69, 9.17) is 0 Å². The third-order valence-electron chi connectivity index (χ3n) is 9.21. The van der Waals surface area contributed by atoms with Crippen molar-refractivity contribution in [3.63, 3.8) is 0 Å². The average molecular weight is 389 g/mol. The van der Waals surface area contributed by atoms with Gasteiger partial charge in [0.25, 0.3) is 0 Å². The molecular formula is C26H44O2. The number of allylic oxidation sites excluding steroid dienone is 1. The van der Waals surface area contributed by atoms with E-state index in [1.807, 2.05) is 19.9 Å². The Bertz CT molecular complexity index is 606. The molecule has 0 aromatic heterocycles. The second kappa shape index (κ2) is 8.25. The van der Waals surface area contributed by atoms with Crippen molar-refractivity contribution in [2.24, 2.45) is 40.4 Å². The zero-order chi connectivity index (χ0) is 20.7. The summed E-state index contributed by atoms with van der Waals surface area (Å²) in [7, 11) is 0. The summed E-state index contributed by atoms with van der Waals surface area (Å²) in [6.45, 7) is 13.6. The van der Waals surface area contributed by atoms with Gasteiger partial charge in [0.05, 0.1) is 6.10 Å². The molecule has 2 nitrogen and oxygen atoms in total. The average Bonchev–Trinajstić information content (AvgIpc) is 2.99. The van der Waals surface area contributed by atoms with Crippen molar-refractivity contribution in [1.29, 1.82) is 0 Å². The second-order valence-electron chi connectivity index (χ2n) is 10.9. The molecule has 0 radical (unpaired) electrons.